The Morgan fingerprint density at radius 1 is 1.21 bits per heavy atom. The summed E-state index contributed by atoms with van der Waals surface area (Å²) < 4.78 is 28.2. The van der Waals surface area contributed by atoms with Crippen molar-refractivity contribution in [1.82, 2.24) is 9.62 Å². The third-order valence-corrected chi connectivity index (χ3v) is 10.5. The molecular weight excluding hydrogens is 452 g/mol. The van der Waals surface area contributed by atoms with Crippen molar-refractivity contribution in [3.8, 4) is 0 Å². The molecule has 1 saturated heterocycles. The van der Waals surface area contributed by atoms with Gasteiger partial charge in [-0.2, -0.15) is 4.31 Å². The van der Waals surface area contributed by atoms with E-state index in [4.69, 9.17) is 0 Å². The molecule has 1 heterocycles. The normalized spacial score (nSPS) is 29.1. The zero-order chi connectivity index (χ0) is 20.8. The molecule has 5 nitrogen and oxygen atoms in total. The lowest BCUT2D eigenvalue weighted by atomic mass is 9.45. The summed E-state index contributed by atoms with van der Waals surface area (Å²) >= 11 is 3.37. The number of rotatable bonds is 5. The highest BCUT2D eigenvalue weighted by Crippen LogP contribution is 2.61. The number of carbonyl (C=O) groups excluding carboxylic acids is 1. The molecule has 1 amide bonds. The third kappa shape index (κ3) is 3.90. The number of fused-ring (bicyclic) bond motifs is 2. The lowest BCUT2D eigenvalue weighted by Gasteiger charge is -2.60. The molecule has 3 atom stereocenters. The Morgan fingerprint density at radius 2 is 1.93 bits per heavy atom. The van der Waals surface area contributed by atoms with E-state index in [2.05, 4.69) is 35.1 Å². The summed E-state index contributed by atoms with van der Waals surface area (Å²) in [5, 5.41) is 3.08. The number of nitrogens with one attached hydrogen (secondary N) is 1. The second kappa shape index (κ2) is 7.97. The van der Waals surface area contributed by atoms with E-state index in [1.165, 1.54) is 29.6 Å². The van der Waals surface area contributed by atoms with Crippen LogP contribution >= 0.6 is 15.9 Å². The van der Waals surface area contributed by atoms with Gasteiger partial charge in [0.1, 0.15) is 0 Å². The summed E-state index contributed by atoms with van der Waals surface area (Å²) in [6.07, 6.45) is 6.54. The fourth-order valence-corrected chi connectivity index (χ4v) is 8.09. The van der Waals surface area contributed by atoms with Crippen molar-refractivity contribution in [2.45, 2.75) is 57.3 Å². The van der Waals surface area contributed by atoms with Crippen LogP contribution in [0.1, 0.15) is 62.7 Å². The molecule has 29 heavy (non-hydrogen) atoms. The number of halogens is 1. The number of nitrogens with zero attached hydrogens (tertiary/aromatic N) is 1. The topological polar surface area (TPSA) is 66.5 Å². The van der Waals surface area contributed by atoms with Crippen LogP contribution in [0.5, 0.6) is 0 Å². The summed E-state index contributed by atoms with van der Waals surface area (Å²) in [6, 6.07) is 4.89. The molecule has 1 N–H and O–H groups in total. The Kier molecular flexibility index (Phi) is 5.86. The zero-order valence-corrected chi connectivity index (χ0v) is 19.7. The van der Waals surface area contributed by atoms with Crippen LogP contribution in [0, 0.1) is 23.2 Å². The molecule has 0 radical (unpaired) electrons. The van der Waals surface area contributed by atoms with Gasteiger partial charge in [0.15, 0.2) is 0 Å². The number of amides is 1. The first-order valence-corrected chi connectivity index (χ1v) is 13.0. The van der Waals surface area contributed by atoms with Gasteiger partial charge in [-0.15, -0.1) is 0 Å². The van der Waals surface area contributed by atoms with E-state index in [1.807, 2.05) is 0 Å². The molecule has 1 aromatic rings. The molecule has 4 aliphatic rings. The van der Waals surface area contributed by atoms with Crippen LogP contribution in [0.4, 0.5) is 0 Å². The van der Waals surface area contributed by atoms with E-state index in [0.717, 1.165) is 25.2 Å². The number of hydrogen-bond donors (Lipinski definition) is 1. The van der Waals surface area contributed by atoms with Gasteiger partial charge in [-0.3, -0.25) is 4.79 Å². The van der Waals surface area contributed by atoms with Crippen LogP contribution in [0.3, 0.4) is 0 Å². The first kappa shape index (κ1) is 21.3. The predicted octanol–water partition coefficient (Wildman–Crippen LogP) is 4.43. The van der Waals surface area contributed by atoms with Gasteiger partial charge in [0.25, 0.3) is 5.91 Å². The van der Waals surface area contributed by atoms with Gasteiger partial charge in [0.05, 0.1) is 4.90 Å². The molecule has 1 aromatic carbocycles. The van der Waals surface area contributed by atoms with E-state index < -0.39 is 10.0 Å². The predicted molar refractivity (Wildman–Crippen MR) is 117 cm³/mol. The second-order valence-corrected chi connectivity index (χ2v) is 12.3. The van der Waals surface area contributed by atoms with Crippen molar-refractivity contribution < 1.29 is 13.2 Å². The van der Waals surface area contributed by atoms with Crippen molar-refractivity contribution >= 4 is 31.9 Å². The fraction of sp³-hybridized carbons (Fsp3) is 0.682. The summed E-state index contributed by atoms with van der Waals surface area (Å²) in [5.41, 5.74) is 0.798. The Hall–Kier alpha value is -0.920. The fourth-order valence-electron chi connectivity index (χ4n) is 5.62. The molecule has 160 valence electrons. The van der Waals surface area contributed by atoms with Crippen molar-refractivity contribution in [2.24, 2.45) is 23.2 Å². The van der Waals surface area contributed by atoms with E-state index in [9.17, 15) is 13.2 Å². The monoisotopic (exact) mass is 482 g/mol. The zero-order valence-electron chi connectivity index (χ0n) is 17.3. The van der Waals surface area contributed by atoms with Crippen molar-refractivity contribution in [1.29, 1.82) is 0 Å². The van der Waals surface area contributed by atoms with Crippen LogP contribution < -0.4 is 5.32 Å². The molecule has 1 aliphatic heterocycles. The highest BCUT2D eigenvalue weighted by Gasteiger charge is 2.53. The van der Waals surface area contributed by atoms with Gasteiger partial charge in [0.2, 0.25) is 10.0 Å². The standard InChI is InChI=1S/C22H31BrN2O3S/c1-22(2)17-8-6-16(18(22)13-17)14-24-21(26)15-7-9-19(23)20(12-15)29(27,28)25-10-4-3-5-11-25/h7,9,12,16-18H,3-6,8,10-11,13-14H2,1-2H3,(H,24,26)/t16?,17-,18+/m0/s1. The number of sulfonamides is 1. The van der Waals surface area contributed by atoms with Crippen molar-refractivity contribution in [3.63, 3.8) is 0 Å². The molecule has 2 bridgehead atoms. The van der Waals surface area contributed by atoms with Gasteiger partial charge >= 0.3 is 0 Å². The maximum Gasteiger partial charge on any atom is 0.251 e. The Bertz CT molecular complexity index is 891. The molecule has 0 aromatic heterocycles. The average molecular weight is 483 g/mol. The van der Waals surface area contributed by atoms with Crippen LogP contribution in [0.25, 0.3) is 0 Å². The first-order chi connectivity index (χ1) is 13.7. The van der Waals surface area contributed by atoms with Gasteiger partial charge in [-0.05, 0) is 89.4 Å². The van der Waals surface area contributed by atoms with Gasteiger partial charge in [-0.25, -0.2) is 8.42 Å². The number of hydrogen-bond acceptors (Lipinski definition) is 3. The van der Waals surface area contributed by atoms with Gasteiger partial charge in [-0.1, -0.05) is 20.3 Å². The van der Waals surface area contributed by atoms with Crippen molar-refractivity contribution in [3.05, 3.63) is 28.2 Å². The minimum Gasteiger partial charge on any atom is -0.352 e. The largest absolute Gasteiger partial charge is 0.352 e. The van der Waals surface area contributed by atoms with Crippen molar-refractivity contribution in [2.75, 3.05) is 19.6 Å². The van der Waals surface area contributed by atoms with E-state index in [0.29, 0.717) is 46.9 Å². The van der Waals surface area contributed by atoms with Crippen LogP contribution in [-0.4, -0.2) is 38.3 Å². The third-order valence-electron chi connectivity index (χ3n) is 7.65. The minimum atomic E-state index is -3.60. The Morgan fingerprint density at radius 3 is 2.59 bits per heavy atom. The van der Waals surface area contributed by atoms with E-state index >= 15 is 0 Å². The molecule has 4 fully saturated rings. The molecule has 1 unspecified atom stereocenters. The van der Waals surface area contributed by atoms with Crippen LogP contribution in [-0.2, 0) is 10.0 Å². The molecule has 7 heteroatoms. The quantitative estimate of drug-likeness (QED) is 0.674. The van der Waals surface area contributed by atoms with E-state index in [1.54, 1.807) is 12.1 Å². The Balaban J connectivity index is 1.46. The highest BCUT2D eigenvalue weighted by molar-refractivity contribution is 9.10. The lowest BCUT2D eigenvalue weighted by Crippen LogP contribution is -2.54. The number of carbonyl (C=O) groups is 1. The van der Waals surface area contributed by atoms with Gasteiger partial charge < -0.3 is 5.32 Å². The van der Waals surface area contributed by atoms with E-state index in [-0.39, 0.29) is 10.8 Å². The summed E-state index contributed by atoms with van der Waals surface area (Å²) in [7, 11) is -3.60. The first-order valence-electron chi connectivity index (χ1n) is 10.8. The minimum absolute atomic E-state index is 0.188. The molecule has 3 saturated carbocycles. The molecule has 5 rings (SSSR count). The molecule has 0 spiro atoms. The average Bonchev–Trinajstić information content (AvgIpc) is 2.72. The maximum atomic E-state index is 13.1. The van der Waals surface area contributed by atoms with Crippen LogP contribution in [0.15, 0.2) is 27.6 Å². The highest BCUT2D eigenvalue weighted by atomic mass is 79.9. The number of benzene rings is 1. The smallest absolute Gasteiger partial charge is 0.251 e. The summed E-state index contributed by atoms with van der Waals surface area (Å²) in [6.45, 7) is 6.47. The lowest BCUT2D eigenvalue weighted by molar-refractivity contribution is -0.103. The number of piperidine rings is 1. The summed E-state index contributed by atoms with van der Waals surface area (Å²) in [5.74, 6) is 1.85. The SMILES string of the molecule is CC1(C)[C@H]2CCC(CNC(=O)c3ccc(Br)c(S(=O)(=O)N4CCCCC4)c3)[C@H]1C2. The second-order valence-electron chi connectivity index (χ2n) is 9.52. The summed E-state index contributed by atoms with van der Waals surface area (Å²) in [4.78, 5) is 13.0. The van der Waals surface area contributed by atoms with Gasteiger partial charge in [0, 0.05) is 29.7 Å². The molecule has 3 aliphatic carbocycles. The molecular formula is C22H31BrN2O3S. The maximum absolute atomic E-state index is 13.1. The Labute approximate surface area is 182 Å². The van der Waals surface area contributed by atoms with Crippen LogP contribution in [0.2, 0.25) is 0 Å².